The van der Waals surface area contributed by atoms with Gasteiger partial charge in [0.25, 0.3) is 14.7 Å². The first-order valence-electron chi connectivity index (χ1n) is 37.0. The van der Waals surface area contributed by atoms with Crippen molar-refractivity contribution < 1.29 is 50.5 Å². The standard InChI is InChI=1S/C30H30O5P2.C30H30O3P2S2.C30H30O3P2/c31-36(27-13-5-1-6-14-27,28-15-7-2-8-16-28)33-23-25-21-22-26(35-25)24-34-37(32,29-17-9-3-10-18-29)30-19-11-4-12-20-30;36-34(27-13-5-1-6-14-27,28-15-7-2-8-16-28)31-23-25-21-22-26(33-25)24-32-35(37,29-17-9-3-10-18-29)30-19-11-4-12-20-30;1-5-13-27(14-6-1)34(28-15-7-2-8-16-28)31-23-25-21-22-26(33-25)24-32-35(29-17-9-3-10-18-29)30-19-11-4-12-20-30/h2*1-20,25-26H,21-24H2;1-20,25-26H,21-24H2. The monoisotopic (exact) mass is 1600 g/mol. The van der Waals surface area contributed by atoms with E-state index in [1.54, 1.807) is 0 Å². The molecule has 19 heteroatoms. The molecule has 12 aromatic carbocycles. The van der Waals surface area contributed by atoms with Gasteiger partial charge in [0.05, 0.1) is 92.6 Å². The molecule has 3 heterocycles. The third-order valence-electron chi connectivity index (χ3n) is 18.9. The Morgan fingerprint density at radius 2 is 0.404 bits per heavy atom. The molecule has 0 aliphatic carbocycles. The maximum Gasteiger partial charge on any atom is 0.261 e. The highest BCUT2D eigenvalue weighted by atomic mass is 32.4. The summed E-state index contributed by atoms with van der Waals surface area (Å²) < 4.78 is 85.6. The van der Waals surface area contributed by atoms with E-state index in [-0.39, 0.29) is 49.8 Å². The molecule has 6 atom stereocenters. The van der Waals surface area contributed by atoms with Crippen LogP contribution in [-0.4, -0.2) is 76.3 Å². The van der Waals surface area contributed by atoms with E-state index in [0.717, 1.165) is 59.7 Å². The summed E-state index contributed by atoms with van der Waals surface area (Å²) in [6.07, 6.45) is 0.209. The molecule has 109 heavy (non-hydrogen) atoms. The maximum atomic E-state index is 14.1. The number of hydrogen-bond acceptors (Lipinski definition) is 13. The number of hydrogen-bond donors (Lipinski definition) is 0. The summed E-state index contributed by atoms with van der Waals surface area (Å²) in [5.41, 5.74) is 0. The average Bonchev–Trinajstić information content (AvgIpc) is 1.51. The summed E-state index contributed by atoms with van der Waals surface area (Å²) in [5.74, 6) is 0. The second-order valence-electron chi connectivity index (χ2n) is 26.5. The first-order chi connectivity index (χ1) is 53.5. The third kappa shape index (κ3) is 21.6. The van der Waals surface area contributed by atoms with E-state index >= 15 is 0 Å². The highest BCUT2D eigenvalue weighted by Crippen LogP contribution is 2.50. The lowest BCUT2D eigenvalue weighted by atomic mass is 10.2. The van der Waals surface area contributed by atoms with E-state index in [1.165, 1.54) is 21.2 Å². The molecule has 0 spiro atoms. The molecule has 3 fully saturated rings. The van der Waals surface area contributed by atoms with Crippen LogP contribution in [0.4, 0.5) is 0 Å². The minimum absolute atomic E-state index is 0.0188. The van der Waals surface area contributed by atoms with Gasteiger partial charge >= 0.3 is 0 Å². The number of rotatable bonds is 30. The smallest absolute Gasteiger partial charge is 0.261 e. The molecule has 12 aromatic rings. The van der Waals surface area contributed by atoms with Crippen molar-refractivity contribution >= 4 is 131 Å². The Morgan fingerprint density at radius 3 is 0.606 bits per heavy atom. The van der Waals surface area contributed by atoms with Crippen LogP contribution < -0.4 is 63.7 Å². The van der Waals surface area contributed by atoms with Crippen LogP contribution in [0.3, 0.4) is 0 Å². The molecule has 3 aliphatic heterocycles. The lowest BCUT2D eigenvalue weighted by molar-refractivity contribution is -0.000165. The topological polar surface area (TPSA) is 117 Å². The number of ether oxygens (including phenoxy) is 3. The molecule has 0 N–H and O–H groups in total. The summed E-state index contributed by atoms with van der Waals surface area (Å²) in [5, 5.41) is 11.8. The molecule has 6 unspecified atom stereocenters. The van der Waals surface area contributed by atoms with Crippen molar-refractivity contribution in [2.45, 2.75) is 75.1 Å². The van der Waals surface area contributed by atoms with E-state index in [2.05, 4.69) is 146 Å². The molecular weight excluding hydrogens is 1510 g/mol. The van der Waals surface area contributed by atoms with Crippen molar-refractivity contribution in [2.24, 2.45) is 0 Å². The van der Waals surface area contributed by atoms with Gasteiger partial charge < -0.3 is 41.4 Å². The van der Waals surface area contributed by atoms with Crippen LogP contribution >= 0.6 is 43.6 Å². The summed E-state index contributed by atoms with van der Waals surface area (Å²) in [7, 11) is -8.28. The van der Waals surface area contributed by atoms with E-state index < -0.39 is 43.6 Å². The minimum Gasteiger partial charge on any atom is -0.370 e. The predicted octanol–water partition coefficient (Wildman–Crippen LogP) is 16.7. The van der Waals surface area contributed by atoms with Gasteiger partial charge in [-0.1, -0.05) is 339 Å². The summed E-state index contributed by atoms with van der Waals surface area (Å²) in [4.78, 5) is 0. The van der Waals surface area contributed by atoms with Crippen molar-refractivity contribution in [3.05, 3.63) is 364 Å². The summed E-state index contributed by atoms with van der Waals surface area (Å²) in [6.45, 7) is 2.52. The van der Waals surface area contributed by atoms with Gasteiger partial charge in [0, 0.05) is 63.7 Å². The van der Waals surface area contributed by atoms with Gasteiger partial charge in [-0.25, -0.2) is 0 Å². The van der Waals surface area contributed by atoms with Gasteiger partial charge in [-0.3, -0.25) is 9.13 Å². The van der Waals surface area contributed by atoms with Gasteiger partial charge in [-0.15, -0.1) is 0 Å². The van der Waals surface area contributed by atoms with Crippen molar-refractivity contribution in [1.29, 1.82) is 0 Å². The molecule has 0 aromatic heterocycles. The quantitative estimate of drug-likeness (QED) is 0.0398. The van der Waals surface area contributed by atoms with Crippen molar-refractivity contribution in [1.82, 2.24) is 0 Å². The van der Waals surface area contributed by atoms with E-state index in [9.17, 15) is 9.13 Å². The normalized spacial score (nSPS) is 18.0. The van der Waals surface area contributed by atoms with Crippen molar-refractivity contribution in [3.8, 4) is 0 Å². The van der Waals surface area contributed by atoms with Crippen LogP contribution in [0, 0.1) is 0 Å². The van der Waals surface area contributed by atoms with Gasteiger partial charge in [0.15, 0.2) is 0 Å². The zero-order valence-corrected chi connectivity index (χ0v) is 67.6. The van der Waals surface area contributed by atoms with Gasteiger partial charge in [-0.05, 0) is 87.1 Å². The average molecular weight is 1600 g/mol. The van der Waals surface area contributed by atoms with Crippen LogP contribution in [0.25, 0.3) is 0 Å². The highest BCUT2D eigenvalue weighted by Gasteiger charge is 2.37. The van der Waals surface area contributed by atoms with E-state index in [0.29, 0.717) is 47.6 Å². The molecule has 15 rings (SSSR count). The molecule has 0 amide bonds. The molecule has 11 nitrogen and oxygen atoms in total. The largest absolute Gasteiger partial charge is 0.370 e. The predicted molar refractivity (Wildman–Crippen MR) is 460 cm³/mol. The SMILES string of the molecule is O=P(OCC1CCC(COP(=O)(c2ccccc2)c2ccccc2)O1)(c1ccccc1)c1ccccc1.S=P(OCC1CCC(COP(=S)(c2ccccc2)c2ccccc2)O1)(c1ccccc1)c1ccccc1.c1ccc(P(OCC2CCC(COP(c3ccccc3)c3ccccc3)O2)c2ccccc2)cc1. The zero-order chi connectivity index (χ0) is 74.8. The molecule has 0 bridgehead atoms. The molecule has 3 aliphatic rings. The molecule has 3 saturated heterocycles. The van der Waals surface area contributed by atoms with Crippen LogP contribution in [0.1, 0.15) is 38.5 Å². The van der Waals surface area contributed by atoms with E-state index in [1.807, 2.05) is 218 Å². The maximum absolute atomic E-state index is 14.1. The second kappa shape index (κ2) is 40.4. The Labute approximate surface area is 655 Å². The van der Waals surface area contributed by atoms with Crippen molar-refractivity contribution in [2.75, 3.05) is 39.6 Å². The fourth-order valence-electron chi connectivity index (χ4n) is 13.2. The lowest BCUT2D eigenvalue weighted by Crippen LogP contribution is -2.25. The van der Waals surface area contributed by atoms with Crippen molar-refractivity contribution in [3.63, 3.8) is 0 Å². The minimum atomic E-state index is -3.27. The fraction of sp³-hybridized carbons (Fsp3) is 0.200. The zero-order valence-electron chi connectivity index (χ0n) is 60.6. The molecule has 0 saturated carbocycles. The van der Waals surface area contributed by atoms with Gasteiger partial charge in [-0.2, -0.15) is 0 Å². The number of benzene rings is 12. The summed E-state index contributed by atoms with van der Waals surface area (Å²) in [6, 6.07) is 120. The Hall–Kier alpha value is -7.10. The van der Waals surface area contributed by atoms with E-state index in [4.69, 9.17) is 65.0 Å². The fourth-order valence-corrected chi connectivity index (χ4v) is 27.0. The first-order valence-corrected chi connectivity index (χ1v) is 48.2. The van der Waals surface area contributed by atoms with Crippen LogP contribution in [0.2, 0.25) is 0 Å². The first kappa shape index (κ1) is 80.0. The van der Waals surface area contributed by atoms with Crippen LogP contribution in [-0.2, 0) is 74.1 Å². The second-order valence-corrected chi connectivity index (χ2v) is 42.9. The van der Waals surface area contributed by atoms with Gasteiger partial charge in [0.1, 0.15) is 12.5 Å². The summed E-state index contributed by atoms with van der Waals surface area (Å²) >= 11 is 12.4. The third-order valence-corrected chi connectivity index (χ3v) is 35.8. The van der Waals surface area contributed by atoms with Crippen LogP contribution in [0.15, 0.2) is 364 Å². The Kier molecular flexibility index (Phi) is 29.6. The lowest BCUT2D eigenvalue weighted by Gasteiger charge is -2.26. The highest BCUT2D eigenvalue weighted by molar-refractivity contribution is 8.19. The molecule has 558 valence electrons. The Bertz CT molecular complexity index is 4090. The molecule has 0 radical (unpaired) electrons. The molecular formula is C90H90O11P6S2. The Morgan fingerprint density at radius 1 is 0.239 bits per heavy atom. The Balaban J connectivity index is 0.000000144. The van der Waals surface area contributed by atoms with Crippen LogP contribution in [0.5, 0.6) is 0 Å². The van der Waals surface area contributed by atoms with Gasteiger partial charge in [0.2, 0.25) is 0 Å².